The summed E-state index contributed by atoms with van der Waals surface area (Å²) in [6.45, 7) is 0.571. The molecule has 4 aromatic rings. The van der Waals surface area contributed by atoms with Gasteiger partial charge in [-0.2, -0.15) is 9.38 Å². The highest BCUT2D eigenvalue weighted by Gasteiger charge is 2.21. The van der Waals surface area contributed by atoms with Gasteiger partial charge in [-0.25, -0.2) is 4.98 Å². The average Bonchev–Trinajstić information content (AvgIpc) is 3.19. The van der Waals surface area contributed by atoms with E-state index in [0.717, 1.165) is 29.7 Å². The van der Waals surface area contributed by atoms with Crippen LogP contribution in [0.25, 0.3) is 16.7 Å². The number of pyridine rings is 1. The van der Waals surface area contributed by atoms with Crippen LogP contribution in [-0.4, -0.2) is 30.8 Å². The van der Waals surface area contributed by atoms with Gasteiger partial charge in [0.1, 0.15) is 5.82 Å². The minimum atomic E-state index is -0.415. The van der Waals surface area contributed by atoms with E-state index in [1.807, 2.05) is 24.3 Å². The van der Waals surface area contributed by atoms with Gasteiger partial charge in [-0.05, 0) is 29.5 Å². The summed E-state index contributed by atoms with van der Waals surface area (Å²) in [6.07, 6.45) is 3.17. The highest BCUT2D eigenvalue weighted by atomic mass is 16.6. The van der Waals surface area contributed by atoms with Gasteiger partial charge in [0.25, 0.3) is 0 Å². The number of aromatic amines is 1. The highest BCUT2D eigenvalue weighted by Crippen LogP contribution is 2.25. The van der Waals surface area contributed by atoms with Crippen LogP contribution in [0.15, 0.2) is 48.7 Å². The van der Waals surface area contributed by atoms with Crippen molar-refractivity contribution >= 4 is 28.3 Å². The maximum Gasteiger partial charge on any atom is 0.372 e. The largest absolute Gasteiger partial charge is 0.372 e. The highest BCUT2D eigenvalue weighted by molar-refractivity contribution is 5.74. The fourth-order valence-electron chi connectivity index (χ4n) is 2.86. The molecule has 0 bridgehead atoms. The van der Waals surface area contributed by atoms with Gasteiger partial charge in [0.2, 0.25) is 11.5 Å². The van der Waals surface area contributed by atoms with E-state index in [-0.39, 0.29) is 5.82 Å². The molecule has 0 saturated heterocycles. The number of anilines is 1. The molecule has 0 aliphatic heterocycles. The number of para-hydroxylation sites is 2. The molecule has 0 spiro atoms. The number of fused-ring (bicyclic) bond motifs is 2. The Bertz CT molecular complexity index is 1020. The molecule has 0 aliphatic rings. The molecule has 0 radical (unpaired) electrons. The van der Waals surface area contributed by atoms with Gasteiger partial charge in [-0.15, -0.1) is 0 Å². The van der Waals surface area contributed by atoms with Crippen molar-refractivity contribution in [2.24, 2.45) is 0 Å². The van der Waals surface area contributed by atoms with E-state index >= 15 is 0 Å². The summed E-state index contributed by atoms with van der Waals surface area (Å²) in [5, 5.41) is 14.4. The number of benzene rings is 1. The number of hydrogen-bond donors (Lipinski definition) is 2. The molecule has 25 heavy (non-hydrogen) atoms. The number of hydrogen-bond acceptors (Lipinski definition) is 5. The SMILES string of the molecule is O=[N+]([O-])c1c(NCCCc2nc3ccccc3[nH]2)nc2ccccn12. The summed E-state index contributed by atoms with van der Waals surface area (Å²) < 4.78 is 1.47. The zero-order valence-electron chi connectivity index (χ0n) is 13.3. The lowest BCUT2D eigenvalue weighted by molar-refractivity contribution is -0.389. The molecular formula is C17H16N6O2. The molecule has 126 valence electrons. The molecule has 3 aromatic heterocycles. The quantitative estimate of drug-likeness (QED) is 0.320. The normalized spacial score (nSPS) is 11.2. The summed E-state index contributed by atoms with van der Waals surface area (Å²) >= 11 is 0. The lowest BCUT2D eigenvalue weighted by Gasteiger charge is -2.02. The topological polar surface area (TPSA) is 101 Å². The summed E-state index contributed by atoms with van der Waals surface area (Å²) in [5.41, 5.74) is 2.51. The third-order valence-electron chi connectivity index (χ3n) is 4.00. The minimum Gasteiger partial charge on any atom is -0.363 e. The second-order valence-corrected chi connectivity index (χ2v) is 5.70. The number of aryl methyl sites for hydroxylation is 1. The summed E-state index contributed by atoms with van der Waals surface area (Å²) in [6, 6.07) is 13.2. The molecular weight excluding hydrogens is 320 g/mol. The number of rotatable bonds is 6. The number of nitrogens with one attached hydrogen (secondary N) is 2. The van der Waals surface area contributed by atoms with Crippen molar-refractivity contribution in [3.05, 3.63) is 64.6 Å². The molecule has 4 rings (SSSR count). The number of aromatic nitrogens is 4. The first-order chi connectivity index (χ1) is 12.2. The van der Waals surface area contributed by atoms with Crippen molar-refractivity contribution in [2.75, 3.05) is 11.9 Å². The predicted molar refractivity (Wildman–Crippen MR) is 94.8 cm³/mol. The fourth-order valence-corrected chi connectivity index (χ4v) is 2.86. The molecule has 3 heterocycles. The maximum atomic E-state index is 11.3. The Morgan fingerprint density at radius 2 is 2.00 bits per heavy atom. The molecule has 0 unspecified atom stereocenters. The minimum absolute atomic E-state index is 0.0423. The van der Waals surface area contributed by atoms with Crippen LogP contribution in [0.2, 0.25) is 0 Å². The Labute approximate surface area is 142 Å². The lowest BCUT2D eigenvalue weighted by atomic mass is 10.3. The van der Waals surface area contributed by atoms with Crippen LogP contribution in [0.4, 0.5) is 11.6 Å². The molecule has 0 saturated carbocycles. The first kappa shape index (κ1) is 15.1. The average molecular weight is 336 g/mol. The van der Waals surface area contributed by atoms with Crippen LogP contribution in [0, 0.1) is 10.1 Å². The van der Waals surface area contributed by atoms with E-state index in [1.54, 1.807) is 24.4 Å². The Morgan fingerprint density at radius 1 is 1.16 bits per heavy atom. The van der Waals surface area contributed by atoms with Gasteiger partial charge in [0, 0.05) is 19.0 Å². The fraction of sp³-hybridized carbons (Fsp3) is 0.176. The number of imidazole rings is 2. The van der Waals surface area contributed by atoms with Gasteiger partial charge in [0.05, 0.1) is 17.2 Å². The summed E-state index contributed by atoms with van der Waals surface area (Å²) in [4.78, 5) is 23.0. The van der Waals surface area contributed by atoms with Crippen molar-refractivity contribution < 1.29 is 4.92 Å². The third-order valence-corrected chi connectivity index (χ3v) is 4.00. The smallest absolute Gasteiger partial charge is 0.363 e. The van der Waals surface area contributed by atoms with E-state index in [1.165, 1.54) is 4.40 Å². The van der Waals surface area contributed by atoms with E-state index < -0.39 is 4.92 Å². The van der Waals surface area contributed by atoms with Crippen molar-refractivity contribution in [2.45, 2.75) is 12.8 Å². The summed E-state index contributed by atoms with van der Waals surface area (Å²) in [5.74, 6) is 1.16. The van der Waals surface area contributed by atoms with Crippen molar-refractivity contribution in [3.8, 4) is 0 Å². The van der Waals surface area contributed by atoms with Crippen LogP contribution in [0.3, 0.4) is 0 Å². The number of nitro groups is 1. The molecule has 2 N–H and O–H groups in total. The monoisotopic (exact) mass is 336 g/mol. The van der Waals surface area contributed by atoms with Crippen LogP contribution in [-0.2, 0) is 6.42 Å². The summed E-state index contributed by atoms with van der Waals surface area (Å²) in [7, 11) is 0. The molecule has 8 heteroatoms. The number of H-pyrrole nitrogens is 1. The van der Waals surface area contributed by atoms with Gasteiger partial charge < -0.3 is 20.4 Å². The second kappa shape index (κ2) is 6.23. The van der Waals surface area contributed by atoms with Gasteiger partial charge >= 0.3 is 5.82 Å². The Kier molecular flexibility index (Phi) is 3.77. The van der Waals surface area contributed by atoms with Crippen LogP contribution >= 0.6 is 0 Å². The first-order valence-electron chi connectivity index (χ1n) is 8.01. The molecule has 0 atom stereocenters. The van der Waals surface area contributed by atoms with Crippen LogP contribution < -0.4 is 5.32 Å². The predicted octanol–water partition coefficient (Wildman–Crippen LogP) is 3.16. The first-order valence-corrected chi connectivity index (χ1v) is 8.01. The van der Waals surface area contributed by atoms with Crippen molar-refractivity contribution in [3.63, 3.8) is 0 Å². The molecule has 1 aromatic carbocycles. The Morgan fingerprint density at radius 3 is 2.84 bits per heavy atom. The molecule has 8 nitrogen and oxygen atoms in total. The van der Waals surface area contributed by atoms with Gasteiger partial charge in [-0.1, -0.05) is 18.2 Å². The maximum absolute atomic E-state index is 11.3. The van der Waals surface area contributed by atoms with Crippen LogP contribution in [0.1, 0.15) is 12.2 Å². The van der Waals surface area contributed by atoms with E-state index in [4.69, 9.17) is 0 Å². The zero-order valence-corrected chi connectivity index (χ0v) is 13.3. The van der Waals surface area contributed by atoms with Crippen molar-refractivity contribution in [1.82, 2.24) is 19.4 Å². The molecule has 0 amide bonds. The van der Waals surface area contributed by atoms with Gasteiger partial charge in [0.15, 0.2) is 0 Å². The van der Waals surface area contributed by atoms with Crippen molar-refractivity contribution in [1.29, 1.82) is 0 Å². The van der Waals surface area contributed by atoms with E-state index in [2.05, 4.69) is 20.3 Å². The second-order valence-electron chi connectivity index (χ2n) is 5.70. The Hall–Kier alpha value is -3.42. The lowest BCUT2D eigenvalue weighted by Crippen LogP contribution is -2.06. The molecule has 0 aliphatic carbocycles. The van der Waals surface area contributed by atoms with Gasteiger partial charge in [-0.3, -0.25) is 0 Å². The third kappa shape index (κ3) is 2.89. The molecule has 0 fully saturated rings. The van der Waals surface area contributed by atoms with E-state index in [0.29, 0.717) is 18.0 Å². The van der Waals surface area contributed by atoms with Crippen LogP contribution in [0.5, 0.6) is 0 Å². The Balaban J connectivity index is 1.44. The standard InChI is InChI=1S/C17H16N6O2/c24-23(25)17-16(21-15-9-3-4-11-22(15)17)18-10-5-8-14-19-12-6-1-2-7-13(12)20-14/h1-4,6-7,9,11,18H,5,8,10H2,(H,19,20). The zero-order chi connectivity index (χ0) is 17.2. The number of nitrogens with zero attached hydrogens (tertiary/aromatic N) is 4. The van der Waals surface area contributed by atoms with E-state index in [9.17, 15) is 10.1 Å².